The Morgan fingerprint density at radius 3 is 2.61 bits per heavy atom. The molecule has 0 radical (unpaired) electrons. The molecule has 18 heavy (non-hydrogen) atoms. The van der Waals surface area contributed by atoms with Gasteiger partial charge in [-0.3, -0.25) is 4.79 Å². The van der Waals surface area contributed by atoms with Gasteiger partial charge in [-0.2, -0.15) is 0 Å². The van der Waals surface area contributed by atoms with E-state index in [9.17, 15) is 9.59 Å². The number of methoxy groups -OCH3 is 1. The minimum atomic E-state index is -0.555. The van der Waals surface area contributed by atoms with Crippen LogP contribution in [-0.2, 0) is 0 Å². The maximum absolute atomic E-state index is 12.0. The van der Waals surface area contributed by atoms with Crippen LogP contribution in [0.5, 0.6) is 5.75 Å². The van der Waals surface area contributed by atoms with Gasteiger partial charge in [-0.25, -0.2) is 4.79 Å². The van der Waals surface area contributed by atoms with E-state index in [0.717, 1.165) is 0 Å². The smallest absolute Gasteiger partial charge is 0.337 e. The first-order valence-corrected chi connectivity index (χ1v) is 5.36. The minimum absolute atomic E-state index is 0.238. The normalized spacial score (nSPS) is 10.4. The Morgan fingerprint density at radius 2 is 2.00 bits per heavy atom. The maximum Gasteiger partial charge on any atom is 0.337 e. The monoisotopic (exact) mass is 247 g/mol. The molecule has 0 saturated carbocycles. The van der Waals surface area contributed by atoms with Gasteiger partial charge >= 0.3 is 5.63 Å². The molecule has 94 valence electrons. The SMILES string of the molecule is COc1ccc2c(C(=O)N(C)C)cc(=O)oc2c1. The van der Waals surface area contributed by atoms with Crippen molar-refractivity contribution in [2.24, 2.45) is 0 Å². The van der Waals surface area contributed by atoms with Gasteiger partial charge in [0.2, 0.25) is 0 Å². The van der Waals surface area contributed by atoms with Crippen molar-refractivity contribution in [1.29, 1.82) is 0 Å². The first kappa shape index (κ1) is 12.2. The van der Waals surface area contributed by atoms with Crippen LogP contribution >= 0.6 is 0 Å². The summed E-state index contributed by atoms with van der Waals surface area (Å²) in [7, 11) is 4.78. The molecule has 0 atom stereocenters. The number of carbonyl (C=O) groups excluding carboxylic acids is 1. The van der Waals surface area contributed by atoms with Gasteiger partial charge in [0.1, 0.15) is 11.3 Å². The van der Waals surface area contributed by atoms with Crippen molar-refractivity contribution in [1.82, 2.24) is 4.90 Å². The van der Waals surface area contributed by atoms with Crippen LogP contribution in [0.15, 0.2) is 33.5 Å². The van der Waals surface area contributed by atoms with Gasteiger partial charge in [0.25, 0.3) is 5.91 Å². The second kappa shape index (κ2) is 4.52. The van der Waals surface area contributed by atoms with Gasteiger partial charge in [0, 0.05) is 31.6 Å². The van der Waals surface area contributed by atoms with Crippen LogP contribution in [0, 0.1) is 0 Å². The molecule has 2 aromatic rings. The standard InChI is InChI=1S/C13H13NO4/c1-14(2)13(16)10-7-12(15)18-11-6-8(17-3)4-5-9(10)11/h4-7H,1-3H3. The maximum atomic E-state index is 12.0. The van der Waals surface area contributed by atoms with E-state index in [4.69, 9.17) is 9.15 Å². The minimum Gasteiger partial charge on any atom is -0.497 e. The first-order chi connectivity index (χ1) is 8.52. The van der Waals surface area contributed by atoms with Gasteiger partial charge < -0.3 is 14.1 Å². The van der Waals surface area contributed by atoms with E-state index >= 15 is 0 Å². The number of benzene rings is 1. The Morgan fingerprint density at radius 1 is 1.28 bits per heavy atom. The van der Waals surface area contributed by atoms with Crippen LogP contribution in [-0.4, -0.2) is 32.0 Å². The molecule has 1 heterocycles. The fraction of sp³-hybridized carbons (Fsp3) is 0.231. The lowest BCUT2D eigenvalue weighted by molar-refractivity contribution is 0.0829. The lowest BCUT2D eigenvalue weighted by Crippen LogP contribution is -2.23. The van der Waals surface area contributed by atoms with Crippen molar-refractivity contribution in [3.8, 4) is 5.75 Å². The molecule has 1 amide bonds. The summed E-state index contributed by atoms with van der Waals surface area (Å²) in [6.07, 6.45) is 0. The Bertz CT molecular complexity index is 658. The fourth-order valence-corrected chi connectivity index (χ4v) is 1.69. The summed E-state index contributed by atoms with van der Waals surface area (Å²) >= 11 is 0. The van der Waals surface area contributed by atoms with E-state index in [2.05, 4.69) is 0 Å². The quantitative estimate of drug-likeness (QED) is 0.755. The van der Waals surface area contributed by atoms with E-state index in [0.29, 0.717) is 22.3 Å². The highest BCUT2D eigenvalue weighted by atomic mass is 16.5. The molecule has 5 nitrogen and oxygen atoms in total. The third-order valence-electron chi connectivity index (χ3n) is 2.59. The third-order valence-corrected chi connectivity index (χ3v) is 2.59. The number of fused-ring (bicyclic) bond motifs is 1. The van der Waals surface area contributed by atoms with Crippen LogP contribution in [0.1, 0.15) is 10.4 Å². The number of hydrogen-bond acceptors (Lipinski definition) is 4. The zero-order valence-corrected chi connectivity index (χ0v) is 10.4. The average molecular weight is 247 g/mol. The van der Waals surface area contributed by atoms with Crippen LogP contribution in [0.3, 0.4) is 0 Å². The summed E-state index contributed by atoms with van der Waals surface area (Å²) in [5, 5.41) is 0.592. The van der Waals surface area contributed by atoms with Crippen molar-refractivity contribution >= 4 is 16.9 Å². The average Bonchev–Trinajstić information content (AvgIpc) is 2.35. The van der Waals surface area contributed by atoms with E-state index in [1.54, 1.807) is 32.3 Å². The van der Waals surface area contributed by atoms with Crippen molar-refractivity contribution in [3.05, 3.63) is 40.2 Å². The van der Waals surface area contributed by atoms with E-state index < -0.39 is 5.63 Å². The van der Waals surface area contributed by atoms with Crippen LogP contribution in [0.2, 0.25) is 0 Å². The molecule has 1 aromatic carbocycles. The van der Waals surface area contributed by atoms with E-state index in [1.165, 1.54) is 18.1 Å². The molecule has 0 saturated heterocycles. The highest BCUT2D eigenvalue weighted by Gasteiger charge is 2.15. The number of hydrogen-bond donors (Lipinski definition) is 0. The molecular weight excluding hydrogens is 234 g/mol. The van der Waals surface area contributed by atoms with E-state index in [1.807, 2.05) is 0 Å². The van der Waals surface area contributed by atoms with Crippen LogP contribution in [0.4, 0.5) is 0 Å². The Labute approximate surface area is 104 Å². The highest BCUT2D eigenvalue weighted by molar-refractivity contribution is 6.05. The molecule has 0 bridgehead atoms. The lowest BCUT2D eigenvalue weighted by atomic mass is 10.1. The van der Waals surface area contributed by atoms with Crippen molar-refractivity contribution < 1.29 is 13.9 Å². The zero-order chi connectivity index (χ0) is 13.3. The van der Waals surface area contributed by atoms with Crippen molar-refractivity contribution in [2.45, 2.75) is 0 Å². The summed E-state index contributed by atoms with van der Waals surface area (Å²) in [5.74, 6) is 0.332. The van der Waals surface area contributed by atoms with Crippen LogP contribution < -0.4 is 10.4 Å². The molecular formula is C13H13NO4. The summed E-state index contributed by atoms with van der Waals surface area (Å²) in [5.41, 5.74) is 0.113. The molecule has 0 fully saturated rings. The predicted octanol–water partition coefficient (Wildman–Crippen LogP) is 1.50. The van der Waals surface area contributed by atoms with Gasteiger partial charge in [-0.05, 0) is 12.1 Å². The summed E-state index contributed by atoms with van der Waals surface area (Å²) in [4.78, 5) is 24.8. The summed E-state index contributed by atoms with van der Waals surface area (Å²) in [6.45, 7) is 0. The Hall–Kier alpha value is -2.30. The van der Waals surface area contributed by atoms with Crippen LogP contribution in [0.25, 0.3) is 11.0 Å². The first-order valence-electron chi connectivity index (χ1n) is 5.36. The third kappa shape index (κ3) is 2.07. The van der Waals surface area contributed by atoms with Crippen molar-refractivity contribution in [3.63, 3.8) is 0 Å². The molecule has 0 unspecified atom stereocenters. The molecule has 0 aliphatic carbocycles. The molecule has 5 heteroatoms. The summed E-state index contributed by atoms with van der Waals surface area (Å²) in [6, 6.07) is 6.21. The fourth-order valence-electron chi connectivity index (χ4n) is 1.69. The van der Waals surface area contributed by atoms with E-state index in [-0.39, 0.29) is 5.91 Å². The van der Waals surface area contributed by atoms with Gasteiger partial charge in [0.05, 0.1) is 12.7 Å². The second-order valence-corrected chi connectivity index (χ2v) is 4.04. The topological polar surface area (TPSA) is 59.8 Å². The predicted molar refractivity (Wildman–Crippen MR) is 67.1 cm³/mol. The molecule has 0 aliphatic heterocycles. The number of carbonyl (C=O) groups is 1. The molecule has 2 rings (SSSR count). The molecule has 1 aromatic heterocycles. The largest absolute Gasteiger partial charge is 0.497 e. The number of amides is 1. The highest BCUT2D eigenvalue weighted by Crippen LogP contribution is 2.22. The van der Waals surface area contributed by atoms with Gasteiger partial charge in [-0.15, -0.1) is 0 Å². The number of rotatable bonds is 2. The molecule has 0 aliphatic rings. The molecule has 0 spiro atoms. The number of nitrogens with zero attached hydrogens (tertiary/aromatic N) is 1. The molecule has 0 N–H and O–H groups in total. The summed E-state index contributed by atoms with van der Waals surface area (Å²) < 4.78 is 10.1. The Kier molecular flexibility index (Phi) is 3.06. The lowest BCUT2D eigenvalue weighted by Gasteiger charge is -2.11. The van der Waals surface area contributed by atoms with Crippen molar-refractivity contribution in [2.75, 3.05) is 21.2 Å². The van der Waals surface area contributed by atoms with Gasteiger partial charge in [0.15, 0.2) is 0 Å². The number of ether oxygens (including phenoxy) is 1. The zero-order valence-electron chi connectivity index (χ0n) is 10.4. The Balaban J connectivity index is 2.74. The second-order valence-electron chi connectivity index (χ2n) is 4.04. The van der Waals surface area contributed by atoms with Gasteiger partial charge in [-0.1, -0.05) is 0 Å².